The summed E-state index contributed by atoms with van der Waals surface area (Å²) in [6, 6.07) is 51.2. The number of aromatic nitrogens is 1. The van der Waals surface area contributed by atoms with Crippen LogP contribution in [-0.2, 0) is 5.41 Å². The second-order valence-electron chi connectivity index (χ2n) is 15.2. The van der Waals surface area contributed by atoms with Crippen LogP contribution in [-0.4, -0.2) is 11.0 Å². The molecule has 2 heterocycles. The number of allylic oxidation sites excluding steroid dienone is 6. The van der Waals surface area contributed by atoms with Crippen molar-refractivity contribution in [1.82, 2.24) is 4.98 Å². The molecule has 3 heteroatoms. The number of hydrogen-bond donors (Lipinski definition) is 0. The van der Waals surface area contributed by atoms with Gasteiger partial charge in [-0.1, -0.05) is 129 Å². The molecule has 0 N–H and O–H groups in total. The van der Waals surface area contributed by atoms with Crippen LogP contribution in [0.4, 0.5) is 22.7 Å². The highest BCUT2D eigenvalue weighted by Crippen LogP contribution is 2.55. The lowest BCUT2D eigenvalue weighted by Gasteiger charge is -2.36. The molecule has 3 unspecified atom stereocenters. The van der Waals surface area contributed by atoms with E-state index < -0.39 is 0 Å². The highest BCUT2D eigenvalue weighted by atomic mass is 15.2. The zero-order valence-electron chi connectivity index (χ0n) is 30.1. The van der Waals surface area contributed by atoms with Gasteiger partial charge in [0.2, 0.25) is 0 Å². The highest BCUT2D eigenvalue weighted by Gasteiger charge is 2.44. The standard InChI is InChI=1S/C50H41N3/c1-50(2)46-19-8-6-17-42(46)43-27-26-41(32-47(43)50)52(40-16-10-12-35(30-40)37-13-11-29-51-33-37)39-24-21-34(22-25-39)36-23-28-49-45(31-36)44-18-7-9-20-48(44)53(49)38-14-4-3-5-15-38/h3-31,33,45,47,49H,32H2,1-2H3. The van der Waals surface area contributed by atoms with Gasteiger partial charge >= 0.3 is 0 Å². The van der Waals surface area contributed by atoms with E-state index in [9.17, 15) is 0 Å². The minimum absolute atomic E-state index is 0.0433. The third-order valence-corrected chi connectivity index (χ3v) is 12.0. The van der Waals surface area contributed by atoms with Gasteiger partial charge in [0.1, 0.15) is 0 Å². The number of anilines is 4. The first-order valence-corrected chi connectivity index (χ1v) is 18.8. The number of para-hydroxylation sites is 2. The molecule has 0 bridgehead atoms. The van der Waals surface area contributed by atoms with Crippen molar-refractivity contribution in [2.24, 2.45) is 5.92 Å². The summed E-state index contributed by atoms with van der Waals surface area (Å²) in [6.45, 7) is 4.83. The summed E-state index contributed by atoms with van der Waals surface area (Å²) in [7, 11) is 0. The van der Waals surface area contributed by atoms with Crippen LogP contribution in [0.1, 0.15) is 48.4 Å². The van der Waals surface area contributed by atoms with Gasteiger partial charge in [-0.05, 0) is 111 Å². The summed E-state index contributed by atoms with van der Waals surface area (Å²) >= 11 is 0. The highest BCUT2D eigenvalue weighted by molar-refractivity contribution is 5.85. The van der Waals surface area contributed by atoms with Gasteiger partial charge in [0, 0.05) is 52.3 Å². The van der Waals surface area contributed by atoms with Crippen LogP contribution in [0.25, 0.3) is 22.3 Å². The fourth-order valence-corrected chi connectivity index (χ4v) is 9.33. The topological polar surface area (TPSA) is 19.4 Å². The molecule has 3 atom stereocenters. The van der Waals surface area contributed by atoms with Gasteiger partial charge in [-0.15, -0.1) is 0 Å². The van der Waals surface area contributed by atoms with Gasteiger partial charge in [-0.3, -0.25) is 4.98 Å². The van der Waals surface area contributed by atoms with E-state index in [1.807, 2.05) is 18.5 Å². The quantitative estimate of drug-likeness (QED) is 0.174. The summed E-state index contributed by atoms with van der Waals surface area (Å²) in [5.41, 5.74) is 16.7. The molecular weight excluding hydrogens is 643 g/mol. The van der Waals surface area contributed by atoms with Gasteiger partial charge in [-0.2, -0.15) is 0 Å². The summed E-state index contributed by atoms with van der Waals surface area (Å²) in [5, 5.41) is 0. The van der Waals surface area contributed by atoms with E-state index in [2.05, 4.69) is 192 Å². The van der Waals surface area contributed by atoms with Crippen LogP contribution in [0, 0.1) is 5.92 Å². The Labute approximate surface area is 312 Å². The fourth-order valence-electron chi connectivity index (χ4n) is 9.33. The lowest BCUT2D eigenvalue weighted by Crippen LogP contribution is -2.29. The van der Waals surface area contributed by atoms with Crippen molar-refractivity contribution in [3.05, 3.63) is 210 Å². The first-order valence-electron chi connectivity index (χ1n) is 18.8. The molecule has 10 rings (SSSR count). The molecule has 5 aromatic carbocycles. The number of pyridine rings is 1. The predicted octanol–water partition coefficient (Wildman–Crippen LogP) is 12.4. The largest absolute Gasteiger partial charge is 0.333 e. The Morgan fingerprint density at radius 3 is 2.34 bits per heavy atom. The molecule has 0 saturated carbocycles. The molecule has 0 spiro atoms. The maximum absolute atomic E-state index is 4.42. The van der Waals surface area contributed by atoms with Gasteiger partial charge in [-0.25, -0.2) is 0 Å². The maximum atomic E-state index is 4.42. The van der Waals surface area contributed by atoms with Crippen LogP contribution in [0.3, 0.4) is 0 Å². The average molecular weight is 684 g/mol. The van der Waals surface area contributed by atoms with E-state index in [1.54, 1.807) is 0 Å². The first-order chi connectivity index (χ1) is 26.0. The van der Waals surface area contributed by atoms with Gasteiger partial charge < -0.3 is 9.80 Å². The Hall–Kier alpha value is -6.19. The van der Waals surface area contributed by atoms with E-state index in [4.69, 9.17) is 0 Å². The van der Waals surface area contributed by atoms with Gasteiger partial charge in [0.25, 0.3) is 0 Å². The molecule has 0 fully saturated rings. The van der Waals surface area contributed by atoms with E-state index in [1.165, 1.54) is 50.5 Å². The molecular formula is C50H41N3. The molecule has 6 aromatic rings. The van der Waals surface area contributed by atoms with E-state index in [-0.39, 0.29) is 17.4 Å². The fraction of sp³-hybridized carbons (Fsp3) is 0.140. The summed E-state index contributed by atoms with van der Waals surface area (Å²) in [4.78, 5) is 9.38. The monoisotopic (exact) mass is 683 g/mol. The second-order valence-corrected chi connectivity index (χ2v) is 15.2. The van der Waals surface area contributed by atoms with Crippen LogP contribution in [0.2, 0.25) is 0 Å². The van der Waals surface area contributed by atoms with Crippen molar-refractivity contribution in [3.8, 4) is 11.1 Å². The molecule has 256 valence electrons. The molecule has 3 aliphatic carbocycles. The molecule has 4 aliphatic rings. The molecule has 3 nitrogen and oxygen atoms in total. The third kappa shape index (κ3) is 5.22. The van der Waals surface area contributed by atoms with E-state index in [0.29, 0.717) is 5.92 Å². The van der Waals surface area contributed by atoms with E-state index in [0.717, 1.165) is 28.9 Å². The van der Waals surface area contributed by atoms with Gasteiger partial charge in [0.15, 0.2) is 0 Å². The van der Waals surface area contributed by atoms with Crippen LogP contribution >= 0.6 is 0 Å². The minimum atomic E-state index is 0.0433. The maximum Gasteiger partial charge on any atom is 0.0630 e. The minimum Gasteiger partial charge on any atom is -0.333 e. The molecule has 1 aliphatic heterocycles. The number of hydrogen-bond acceptors (Lipinski definition) is 3. The van der Waals surface area contributed by atoms with Crippen molar-refractivity contribution in [1.29, 1.82) is 0 Å². The van der Waals surface area contributed by atoms with Crippen LogP contribution in [0.5, 0.6) is 0 Å². The summed E-state index contributed by atoms with van der Waals surface area (Å²) in [6.07, 6.45) is 16.7. The first kappa shape index (κ1) is 31.5. The zero-order chi connectivity index (χ0) is 35.5. The predicted molar refractivity (Wildman–Crippen MR) is 221 cm³/mol. The van der Waals surface area contributed by atoms with Crippen LogP contribution in [0.15, 0.2) is 188 Å². The lowest BCUT2D eigenvalue weighted by atomic mass is 9.74. The Kier molecular flexibility index (Phi) is 7.43. The van der Waals surface area contributed by atoms with Crippen molar-refractivity contribution < 1.29 is 0 Å². The lowest BCUT2D eigenvalue weighted by molar-refractivity contribution is 0.406. The smallest absolute Gasteiger partial charge is 0.0630 e. The Balaban J connectivity index is 1.02. The van der Waals surface area contributed by atoms with Crippen molar-refractivity contribution >= 4 is 33.9 Å². The van der Waals surface area contributed by atoms with Gasteiger partial charge in [0.05, 0.1) is 6.04 Å². The summed E-state index contributed by atoms with van der Waals surface area (Å²) < 4.78 is 0. The zero-order valence-corrected chi connectivity index (χ0v) is 30.1. The Morgan fingerprint density at radius 2 is 1.49 bits per heavy atom. The molecule has 53 heavy (non-hydrogen) atoms. The average Bonchev–Trinajstić information content (AvgIpc) is 3.67. The summed E-state index contributed by atoms with van der Waals surface area (Å²) in [5.74, 6) is 0.684. The molecule has 0 amide bonds. The number of fused-ring (bicyclic) bond motifs is 6. The second kappa shape index (κ2) is 12.5. The van der Waals surface area contributed by atoms with Crippen molar-refractivity contribution in [2.75, 3.05) is 9.80 Å². The Bertz CT molecular complexity index is 2470. The third-order valence-electron chi connectivity index (χ3n) is 12.0. The number of rotatable bonds is 6. The molecule has 1 aromatic heterocycles. The number of benzene rings is 5. The SMILES string of the molecule is CC1(C)c2ccccc2C2=CC=C(N(c3ccc(C4=CC5c6ccccc6N(c6ccccc6)C5C=C4)cc3)c3cccc(-c4cccnc4)c3)CC21. The molecule has 0 saturated heterocycles. The Morgan fingerprint density at radius 1 is 0.698 bits per heavy atom. The van der Waals surface area contributed by atoms with Crippen LogP contribution < -0.4 is 9.80 Å². The number of nitrogens with zero attached hydrogens (tertiary/aromatic N) is 3. The van der Waals surface area contributed by atoms with Crippen molar-refractivity contribution in [2.45, 2.75) is 37.6 Å². The normalized spacial score (nSPS) is 20.4. The molecule has 0 radical (unpaired) electrons. The van der Waals surface area contributed by atoms with E-state index >= 15 is 0 Å². The van der Waals surface area contributed by atoms with Crippen molar-refractivity contribution in [3.63, 3.8) is 0 Å².